The molecule has 0 radical (unpaired) electrons. The average Bonchev–Trinajstić information content (AvgIpc) is 2.52. The van der Waals surface area contributed by atoms with E-state index in [1.54, 1.807) is 0 Å². The molecule has 1 unspecified atom stereocenters. The highest BCUT2D eigenvalue weighted by Crippen LogP contribution is 2.31. The molecule has 1 aromatic rings. The van der Waals surface area contributed by atoms with Crippen molar-refractivity contribution in [2.75, 3.05) is 0 Å². The Balaban J connectivity index is 2.23. The molecule has 0 amide bonds. The summed E-state index contributed by atoms with van der Waals surface area (Å²) in [5.74, 6) is 0. The Morgan fingerprint density at radius 3 is 2.76 bits per heavy atom. The molecule has 0 aliphatic heterocycles. The van der Waals surface area contributed by atoms with Gasteiger partial charge in [-0.15, -0.1) is 0 Å². The van der Waals surface area contributed by atoms with Gasteiger partial charge in [0.15, 0.2) is 0 Å². The van der Waals surface area contributed by atoms with E-state index >= 15 is 0 Å². The van der Waals surface area contributed by atoms with Crippen LogP contribution in [0.15, 0.2) is 6.07 Å². The quantitative estimate of drug-likeness (QED) is 0.833. The number of hydrogen-bond acceptors (Lipinski definition) is 1. The van der Waals surface area contributed by atoms with Crippen LogP contribution in [0.25, 0.3) is 0 Å². The van der Waals surface area contributed by atoms with Crippen LogP contribution < -0.4 is 5.73 Å². The second-order valence-corrected chi connectivity index (χ2v) is 6.65. The molecule has 0 aromatic carbocycles. The van der Waals surface area contributed by atoms with E-state index in [-0.39, 0.29) is 6.04 Å². The maximum Gasteiger partial charge on any atom is 0.0313 e. The molecule has 0 saturated carbocycles. The second-order valence-electron chi connectivity index (χ2n) is 6.65. The number of aryl methyl sites for hydroxylation is 1. The van der Waals surface area contributed by atoms with Gasteiger partial charge in [0, 0.05) is 24.0 Å². The summed E-state index contributed by atoms with van der Waals surface area (Å²) in [6, 6.07) is 2.58. The first-order chi connectivity index (χ1) is 7.88. The summed E-state index contributed by atoms with van der Waals surface area (Å²) >= 11 is 0. The van der Waals surface area contributed by atoms with Crippen LogP contribution in [0.1, 0.15) is 63.0 Å². The maximum absolute atomic E-state index is 6.20. The van der Waals surface area contributed by atoms with E-state index in [1.165, 1.54) is 36.2 Å². The van der Waals surface area contributed by atoms with E-state index in [0.717, 1.165) is 13.0 Å². The summed E-state index contributed by atoms with van der Waals surface area (Å²) in [6.07, 6.45) is 4.83. The summed E-state index contributed by atoms with van der Waals surface area (Å²) in [4.78, 5) is 0. The molecule has 96 valence electrons. The zero-order chi connectivity index (χ0) is 12.6. The Hall–Kier alpha value is -0.760. The Labute approximate surface area is 105 Å². The fourth-order valence-corrected chi connectivity index (χ4v) is 2.76. The smallest absolute Gasteiger partial charge is 0.0313 e. The highest BCUT2D eigenvalue weighted by atomic mass is 15.0. The normalized spacial score (nSPS) is 20.4. The monoisotopic (exact) mass is 234 g/mol. The Morgan fingerprint density at radius 2 is 2.12 bits per heavy atom. The van der Waals surface area contributed by atoms with Gasteiger partial charge in [-0.3, -0.25) is 0 Å². The number of rotatable bonds is 2. The SMILES string of the molecule is Cc1cc2c(n1CCC(C)(C)C)CCCC2N. The molecule has 1 aromatic heterocycles. The first-order valence-corrected chi connectivity index (χ1v) is 6.83. The van der Waals surface area contributed by atoms with E-state index in [4.69, 9.17) is 5.73 Å². The van der Waals surface area contributed by atoms with E-state index < -0.39 is 0 Å². The molecule has 1 aliphatic rings. The van der Waals surface area contributed by atoms with Gasteiger partial charge in [-0.25, -0.2) is 0 Å². The van der Waals surface area contributed by atoms with Gasteiger partial charge in [-0.1, -0.05) is 20.8 Å². The van der Waals surface area contributed by atoms with Crippen LogP contribution in [0.4, 0.5) is 0 Å². The van der Waals surface area contributed by atoms with Crippen molar-refractivity contribution in [2.24, 2.45) is 11.1 Å². The van der Waals surface area contributed by atoms with Crippen LogP contribution in [-0.2, 0) is 13.0 Å². The summed E-state index contributed by atoms with van der Waals surface area (Å²) in [5, 5.41) is 0. The highest BCUT2D eigenvalue weighted by Gasteiger charge is 2.22. The van der Waals surface area contributed by atoms with E-state index in [1.807, 2.05) is 0 Å². The lowest BCUT2D eigenvalue weighted by Crippen LogP contribution is -2.19. The molecule has 17 heavy (non-hydrogen) atoms. The third-order valence-electron chi connectivity index (χ3n) is 3.86. The standard InChI is InChI=1S/C15H26N2/c1-11-10-12-13(16)6-5-7-14(12)17(11)9-8-15(2,3)4/h10,13H,5-9,16H2,1-4H3. The molecule has 2 heteroatoms. The van der Waals surface area contributed by atoms with Gasteiger partial charge >= 0.3 is 0 Å². The van der Waals surface area contributed by atoms with Crippen LogP contribution in [0, 0.1) is 12.3 Å². The summed E-state index contributed by atoms with van der Waals surface area (Å²) < 4.78 is 2.50. The van der Waals surface area contributed by atoms with Crippen LogP contribution in [0.2, 0.25) is 0 Å². The van der Waals surface area contributed by atoms with E-state index in [2.05, 4.69) is 38.3 Å². The fraction of sp³-hybridized carbons (Fsp3) is 0.733. The lowest BCUT2D eigenvalue weighted by Gasteiger charge is -2.24. The molecule has 1 atom stereocenters. The maximum atomic E-state index is 6.20. The largest absolute Gasteiger partial charge is 0.349 e. The summed E-state index contributed by atoms with van der Waals surface area (Å²) in [7, 11) is 0. The summed E-state index contributed by atoms with van der Waals surface area (Å²) in [5.41, 5.74) is 10.9. The lowest BCUT2D eigenvalue weighted by atomic mass is 9.91. The lowest BCUT2D eigenvalue weighted by molar-refractivity contribution is 0.345. The first kappa shape index (κ1) is 12.7. The molecule has 2 N–H and O–H groups in total. The second kappa shape index (κ2) is 4.49. The summed E-state index contributed by atoms with van der Waals surface area (Å²) in [6.45, 7) is 10.3. The van der Waals surface area contributed by atoms with Gasteiger partial charge in [0.1, 0.15) is 0 Å². The molecular weight excluding hydrogens is 208 g/mol. The molecule has 1 heterocycles. The van der Waals surface area contributed by atoms with Crippen molar-refractivity contribution in [1.29, 1.82) is 0 Å². The van der Waals surface area contributed by atoms with Gasteiger partial charge in [0.25, 0.3) is 0 Å². The third kappa shape index (κ3) is 2.74. The number of fused-ring (bicyclic) bond motifs is 1. The number of nitrogens with zero attached hydrogens (tertiary/aromatic N) is 1. The van der Waals surface area contributed by atoms with Crippen molar-refractivity contribution in [3.05, 3.63) is 23.0 Å². The van der Waals surface area contributed by atoms with Gasteiger partial charge < -0.3 is 10.3 Å². The van der Waals surface area contributed by atoms with Gasteiger partial charge in [-0.2, -0.15) is 0 Å². The van der Waals surface area contributed by atoms with Crippen molar-refractivity contribution in [3.8, 4) is 0 Å². The van der Waals surface area contributed by atoms with E-state index in [0.29, 0.717) is 5.41 Å². The Kier molecular flexibility index (Phi) is 3.35. The zero-order valence-corrected chi connectivity index (χ0v) is 11.7. The zero-order valence-electron chi connectivity index (χ0n) is 11.7. The van der Waals surface area contributed by atoms with Crippen LogP contribution in [0.5, 0.6) is 0 Å². The Bertz CT molecular complexity index is 396. The predicted octanol–water partition coefficient (Wildman–Crippen LogP) is 3.57. The minimum atomic E-state index is 0.272. The molecular formula is C15H26N2. The van der Waals surface area contributed by atoms with Gasteiger partial charge in [-0.05, 0) is 49.7 Å². The molecule has 0 bridgehead atoms. The first-order valence-electron chi connectivity index (χ1n) is 6.83. The van der Waals surface area contributed by atoms with Crippen LogP contribution >= 0.6 is 0 Å². The van der Waals surface area contributed by atoms with Gasteiger partial charge in [0.05, 0.1) is 0 Å². The van der Waals surface area contributed by atoms with Crippen molar-refractivity contribution in [3.63, 3.8) is 0 Å². The van der Waals surface area contributed by atoms with E-state index in [9.17, 15) is 0 Å². The van der Waals surface area contributed by atoms with Crippen molar-refractivity contribution in [1.82, 2.24) is 4.57 Å². The average molecular weight is 234 g/mol. The highest BCUT2D eigenvalue weighted by molar-refractivity contribution is 5.32. The van der Waals surface area contributed by atoms with Gasteiger partial charge in [0.2, 0.25) is 0 Å². The van der Waals surface area contributed by atoms with Crippen molar-refractivity contribution in [2.45, 2.75) is 66.0 Å². The number of nitrogens with two attached hydrogens (primary N) is 1. The molecule has 1 aliphatic carbocycles. The fourth-order valence-electron chi connectivity index (χ4n) is 2.76. The molecule has 0 saturated heterocycles. The van der Waals surface area contributed by atoms with Crippen LogP contribution in [0.3, 0.4) is 0 Å². The van der Waals surface area contributed by atoms with Crippen LogP contribution in [-0.4, -0.2) is 4.57 Å². The van der Waals surface area contributed by atoms with Crippen molar-refractivity contribution < 1.29 is 0 Å². The Morgan fingerprint density at radius 1 is 1.41 bits per heavy atom. The number of hydrogen-bond donors (Lipinski definition) is 1. The predicted molar refractivity (Wildman–Crippen MR) is 73.1 cm³/mol. The molecule has 2 rings (SSSR count). The minimum Gasteiger partial charge on any atom is -0.349 e. The third-order valence-corrected chi connectivity index (χ3v) is 3.86. The topological polar surface area (TPSA) is 30.9 Å². The number of aromatic nitrogens is 1. The van der Waals surface area contributed by atoms with Crippen molar-refractivity contribution >= 4 is 0 Å². The molecule has 0 spiro atoms. The molecule has 0 fully saturated rings. The molecule has 2 nitrogen and oxygen atoms in total. The minimum absolute atomic E-state index is 0.272.